The fourth-order valence-electron chi connectivity index (χ4n) is 3.44. The fraction of sp³-hybridized carbons (Fsp3) is 0.579. The largest absolute Gasteiger partial charge is 0.387 e. The Morgan fingerprint density at radius 2 is 1.60 bits per heavy atom. The molecular formula is C19H26O6. The number of hydrogen-bond donors (Lipinski definition) is 2. The monoisotopic (exact) mass is 350 g/mol. The van der Waals surface area contributed by atoms with Crippen molar-refractivity contribution in [2.75, 3.05) is 6.61 Å². The van der Waals surface area contributed by atoms with Gasteiger partial charge in [0.2, 0.25) is 0 Å². The smallest absolute Gasteiger partial charge is 0.164 e. The standard InChI is InChI=1S/C19H26O6/c1-4-10-22-15-13(20)14(21)16(18-17(15)24-19(2,3)25-18)23-11-12-8-6-5-7-9-12/h4-9,13-18,20-21H,1,10-11H2,2-3H3/t13-,14-,15+,16+,17-,18+/m0/s1. The van der Waals surface area contributed by atoms with E-state index in [0.717, 1.165) is 5.56 Å². The lowest BCUT2D eigenvalue weighted by molar-refractivity contribution is -0.219. The highest BCUT2D eigenvalue weighted by Gasteiger charge is 2.58. The van der Waals surface area contributed by atoms with Gasteiger partial charge in [0.15, 0.2) is 5.79 Å². The SMILES string of the molecule is C=CCO[C@@H]1[C@@H](O)[C@H](O)[C@@H](OCc2ccccc2)[C@H]2OC(C)(C)O[C@H]21. The minimum atomic E-state index is -1.14. The quantitative estimate of drug-likeness (QED) is 0.755. The van der Waals surface area contributed by atoms with E-state index < -0.39 is 42.4 Å². The van der Waals surface area contributed by atoms with Crippen molar-refractivity contribution >= 4 is 0 Å². The lowest BCUT2D eigenvalue weighted by Crippen LogP contribution is -2.64. The van der Waals surface area contributed by atoms with Gasteiger partial charge in [0.25, 0.3) is 0 Å². The molecule has 6 heteroatoms. The zero-order chi connectivity index (χ0) is 18.0. The van der Waals surface area contributed by atoms with Gasteiger partial charge in [-0.25, -0.2) is 0 Å². The number of rotatable bonds is 6. The molecular weight excluding hydrogens is 324 g/mol. The van der Waals surface area contributed by atoms with Crippen LogP contribution in [0.5, 0.6) is 0 Å². The van der Waals surface area contributed by atoms with Crippen LogP contribution in [-0.4, -0.2) is 59.2 Å². The fourth-order valence-corrected chi connectivity index (χ4v) is 3.44. The van der Waals surface area contributed by atoms with E-state index in [1.165, 1.54) is 0 Å². The van der Waals surface area contributed by atoms with Crippen LogP contribution in [0.25, 0.3) is 0 Å². The zero-order valence-electron chi connectivity index (χ0n) is 14.6. The van der Waals surface area contributed by atoms with Crippen molar-refractivity contribution in [2.24, 2.45) is 0 Å². The summed E-state index contributed by atoms with van der Waals surface area (Å²) in [5.74, 6) is -0.844. The maximum atomic E-state index is 10.6. The Hall–Kier alpha value is -1.28. The lowest BCUT2D eigenvalue weighted by Gasteiger charge is -2.42. The maximum absolute atomic E-state index is 10.6. The molecule has 1 aliphatic heterocycles. The van der Waals surface area contributed by atoms with Crippen LogP contribution in [0.15, 0.2) is 43.0 Å². The second-order valence-corrected chi connectivity index (χ2v) is 6.89. The maximum Gasteiger partial charge on any atom is 0.164 e. The van der Waals surface area contributed by atoms with Crippen molar-refractivity contribution in [3.8, 4) is 0 Å². The van der Waals surface area contributed by atoms with E-state index in [-0.39, 0.29) is 6.61 Å². The summed E-state index contributed by atoms with van der Waals surface area (Å²) in [6, 6.07) is 9.65. The molecule has 25 heavy (non-hydrogen) atoms. The van der Waals surface area contributed by atoms with Crippen molar-refractivity contribution in [2.45, 2.75) is 62.9 Å². The van der Waals surface area contributed by atoms with E-state index in [9.17, 15) is 10.2 Å². The number of aliphatic hydroxyl groups is 2. The molecule has 1 aliphatic carbocycles. The van der Waals surface area contributed by atoms with Crippen molar-refractivity contribution in [1.82, 2.24) is 0 Å². The number of aliphatic hydroxyl groups excluding tert-OH is 2. The highest BCUT2D eigenvalue weighted by atomic mass is 16.8. The van der Waals surface area contributed by atoms with Crippen LogP contribution in [-0.2, 0) is 25.6 Å². The van der Waals surface area contributed by atoms with Crippen LogP contribution in [0.3, 0.4) is 0 Å². The Balaban J connectivity index is 1.77. The predicted molar refractivity (Wildman–Crippen MR) is 90.8 cm³/mol. The second-order valence-electron chi connectivity index (χ2n) is 6.89. The van der Waals surface area contributed by atoms with Gasteiger partial charge in [-0.2, -0.15) is 0 Å². The third-order valence-electron chi connectivity index (χ3n) is 4.53. The first-order valence-corrected chi connectivity index (χ1v) is 8.53. The average Bonchev–Trinajstić information content (AvgIpc) is 2.91. The molecule has 1 aromatic rings. The summed E-state index contributed by atoms with van der Waals surface area (Å²) in [7, 11) is 0. The molecule has 0 amide bonds. The number of fused-ring (bicyclic) bond motifs is 1. The van der Waals surface area contributed by atoms with E-state index >= 15 is 0 Å². The molecule has 1 aromatic carbocycles. The molecule has 138 valence electrons. The first-order chi connectivity index (χ1) is 11.9. The molecule has 0 aromatic heterocycles. The van der Waals surface area contributed by atoms with Crippen LogP contribution < -0.4 is 0 Å². The lowest BCUT2D eigenvalue weighted by atomic mass is 9.84. The van der Waals surface area contributed by atoms with Crippen LogP contribution in [0, 0.1) is 0 Å². The molecule has 6 nitrogen and oxygen atoms in total. The van der Waals surface area contributed by atoms with E-state index in [1.807, 2.05) is 30.3 Å². The van der Waals surface area contributed by atoms with Crippen LogP contribution in [0.1, 0.15) is 19.4 Å². The highest BCUT2D eigenvalue weighted by molar-refractivity contribution is 5.14. The van der Waals surface area contributed by atoms with Crippen LogP contribution in [0.4, 0.5) is 0 Å². The molecule has 2 aliphatic rings. The first kappa shape index (κ1) is 18.5. The summed E-state index contributed by atoms with van der Waals surface area (Å²) in [5, 5.41) is 21.1. The number of benzene rings is 1. The molecule has 2 fully saturated rings. The highest BCUT2D eigenvalue weighted by Crippen LogP contribution is 2.40. The van der Waals surface area contributed by atoms with Crippen molar-refractivity contribution in [3.63, 3.8) is 0 Å². The van der Waals surface area contributed by atoms with Crippen LogP contribution >= 0.6 is 0 Å². The number of ether oxygens (including phenoxy) is 4. The molecule has 1 saturated heterocycles. The van der Waals surface area contributed by atoms with Crippen molar-refractivity contribution in [1.29, 1.82) is 0 Å². The summed E-state index contributed by atoms with van der Waals surface area (Å²) in [4.78, 5) is 0. The Kier molecular flexibility index (Phi) is 5.58. The topological polar surface area (TPSA) is 77.4 Å². The van der Waals surface area contributed by atoms with E-state index in [2.05, 4.69) is 6.58 Å². The zero-order valence-corrected chi connectivity index (χ0v) is 14.6. The Morgan fingerprint density at radius 3 is 2.16 bits per heavy atom. The van der Waals surface area contributed by atoms with Gasteiger partial charge in [0.1, 0.15) is 36.6 Å². The van der Waals surface area contributed by atoms with Gasteiger partial charge >= 0.3 is 0 Å². The Labute approximate surface area is 148 Å². The van der Waals surface area contributed by atoms with Crippen molar-refractivity contribution < 1.29 is 29.2 Å². The predicted octanol–water partition coefficient (Wildman–Crippen LogP) is 1.40. The molecule has 0 spiro atoms. The van der Waals surface area contributed by atoms with Gasteiger partial charge < -0.3 is 29.2 Å². The van der Waals surface area contributed by atoms with Crippen LogP contribution in [0.2, 0.25) is 0 Å². The molecule has 0 bridgehead atoms. The molecule has 1 saturated carbocycles. The van der Waals surface area contributed by atoms with Gasteiger partial charge in [-0.1, -0.05) is 36.4 Å². The average molecular weight is 350 g/mol. The van der Waals surface area contributed by atoms with Gasteiger partial charge in [-0.05, 0) is 19.4 Å². The normalized spacial score (nSPS) is 36.8. The summed E-state index contributed by atoms with van der Waals surface area (Å²) in [6.45, 7) is 7.76. The molecule has 0 unspecified atom stereocenters. The van der Waals surface area contributed by atoms with Gasteiger partial charge in [-0.15, -0.1) is 6.58 Å². The summed E-state index contributed by atoms with van der Waals surface area (Å²) in [5.41, 5.74) is 0.976. The Morgan fingerprint density at radius 1 is 1.04 bits per heavy atom. The molecule has 0 radical (unpaired) electrons. The van der Waals surface area contributed by atoms with E-state index in [0.29, 0.717) is 6.61 Å². The number of hydrogen-bond acceptors (Lipinski definition) is 6. The van der Waals surface area contributed by atoms with E-state index in [4.69, 9.17) is 18.9 Å². The van der Waals surface area contributed by atoms with Crippen molar-refractivity contribution in [3.05, 3.63) is 48.6 Å². The Bertz CT molecular complexity index is 575. The second kappa shape index (κ2) is 7.53. The molecule has 1 heterocycles. The molecule has 3 rings (SSSR count). The molecule has 2 N–H and O–H groups in total. The van der Waals surface area contributed by atoms with Gasteiger partial charge in [0, 0.05) is 0 Å². The first-order valence-electron chi connectivity index (χ1n) is 8.53. The molecule has 6 atom stereocenters. The summed E-state index contributed by atoms with van der Waals surface area (Å²) >= 11 is 0. The van der Waals surface area contributed by atoms with E-state index in [1.54, 1.807) is 19.9 Å². The summed E-state index contributed by atoms with van der Waals surface area (Å²) < 4.78 is 23.5. The third kappa shape index (κ3) is 3.95. The third-order valence-corrected chi connectivity index (χ3v) is 4.53. The minimum Gasteiger partial charge on any atom is -0.387 e. The summed E-state index contributed by atoms with van der Waals surface area (Å²) in [6.07, 6.45) is -3.19. The minimum absolute atomic E-state index is 0.247. The van der Waals surface area contributed by atoms with Gasteiger partial charge in [-0.3, -0.25) is 0 Å². The van der Waals surface area contributed by atoms with Gasteiger partial charge in [0.05, 0.1) is 13.2 Å².